The van der Waals surface area contributed by atoms with Crippen LogP contribution in [0.2, 0.25) is 0 Å². The van der Waals surface area contributed by atoms with Gasteiger partial charge in [0, 0.05) is 5.56 Å². The molecular weight excluding hydrogens is 364 g/mol. The Kier molecular flexibility index (Phi) is 5.73. The zero-order valence-corrected chi connectivity index (χ0v) is 15.9. The minimum atomic E-state index is -0.616. The van der Waals surface area contributed by atoms with E-state index in [9.17, 15) is 14.7 Å². The minimum absolute atomic E-state index is 0.0122. The zero-order chi connectivity index (χ0) is 20.3. The molecule has 0 aliphatic carbocycles. The van der Waals surface area contributed by atoms with Crippen LogP contribution in [0.3, 0.4) is 0 Å². The summed E-state index contributed by atoms with van der Waals surface area (Å²) in [5.74, 6) is -0.539. The summed E-state index contributed by atoms with van der Waals surface area (Å²) >= 11 is 0. The number of carbonyl (C=O) groups excluding carboxylic acids is 2. The molecular formula is C21H22O7. The molecule has 2 aromatic carbocycles. The van der Waals surface area contributed by atoms with Gasteiger partial charge >= 0.3 is 5.97 Å². The lowest BCUT2D eigenvalue weighted by molar-refractivity contribution is -0.141. The van der Waals surface area contributed by atoms with Crippen molar-refractivity contribution in [3.8, 4) is 23.0 Å². The van der Waals surface area contributed by atoms with Gasteiger partial charge in [0.05, 0.1) is 33.2 Å². The number of methoxy groups -OCH3 is 3. The third-order valence-electron chi connectivity index (χ3n) is 4.90. The Bertz CT molecular complexity index is 890. The van der Waals surface area contributed by atoms with Crippen molar-refractivity contribution in [2.24, 2.45) is 11.8 Å². The van der Waals surface area contributed by atoms with E-state index in [1.54, 1.807) is 30.3 Å². The van der Waals surface area contributed by atoms with E-state index in [0.29, 0.717) is 29.2 Å². The lowest BCUT2D eigenvalue weighted by atomic mass is 9.84. The van der Waals surface area contributed by atoms with Gasteiger partial charge in [0.1, 0.15) is 6.61 Å². The molecule has 0 spiro atoms. The molecule has 1 heterocycles. The third kappa shape index (κ3) is 3.74. The average molecular weight is 386 g/mol. The number of rotatable bonds is 7. The van der Waals surface area contributed by atoms with E-state index in [1.807, 2.05) is 0 Å². The number of esters is 1. The fourth-order valence-corrected chi connectivity index (χ4v) is 3.35. The molecule has 1 N–H and O–H groups in total. The SMILES string of the molecule is COc1cc(C[C@H]2C(=O)OC[C@@H]2C(=O)c2ccc(OC)c(OC)c2)ccc1O. The largest absolute Gasteiger partial charge is 0.504 e. The average Bonchev–Trinajstić information content (AvgIpc) is 3.08. The Labute approximate surface area is 162 Å². The van der Waals surface area contributed by atoms with Gasteiger partial charge < -0.3 is 24.1 Å². The van der Waals surface area contributed by atoms with Crippen LogP contribution in [-0.4, -0.2) is 44.8 Å². The highest BCUT2D eigenvalue weighted by Crippen LogP contribution is 2.34. The smallest absolute Gasteiger partial charge is 0.310 e. The van der Waals surface area contributed by atoms with Crippen LogP contribution in [-0.2, 0) is 16.0 Å². The summed E-state index contributed by atoms with van der Waals surface area (Å²) in [6.07, 6.45) is 0.305. The van der Waals surface area contributed by atoms with Gasteiger partial charge in [-0.1, -0.05) is 6.07 Å². The molecule has 7 heteroatoms. The second-order valence-electron chi connectivity index (χ2n) is 6.49. The topological polar surface area (TPSA) is 91.3 Å². The first-order chi connectivity index (χ1) is 13.5. The lowest BCUT2D eigenvalue weighted by Crippen LogP contribution is -2.26. The predicted octanol–water partition coefficient (Wildman–Crippen LogP) is 2.63. The van der Waals surface area contributed by atoms with Crippen molar-refractivity contribution < 1.29 is 33.6 Å². The van der Waals surface area contributed by atoms with E-state index in [0.717, 1.165) is 5.56 Å². The van der Waals surface area contributed by atoms with Crippen molar-refractivity contribution in [3.63, 3.8) is 0 Å². The van der Waals surface area contributed by atoms with Crippen LogP contribution in [0.15, 0.2) is 36.4 Å². The normalized spacial score (nSPS) is 18.5. The quantitative estimate of drug-likeness (QED) is 0.578. The van der Waals surface area contributed by atoms with Gasteiger partial charge in [0.25, 0.3) is 0 Å². The maximum atomic E-state index is 13.0. The Balaban J connectivity index is 1.84. The number of cyclic esters (lactones) is 1. The molecule has 0 radical (unpaired) electrons. The number of aromatic hydroxyl groups is 1. The van der Waals surface area contributed by atoms with Gasteiger partial charge in [-0.15, -0.1) is 0 Å². The molecule has 2 aromatic rings. The summed E-state index contributed by atoms with van der Waals surface area (Å²) in [6.45, 7) is 0.0336. The maximum Gasteiger partial charge on any atom is 0.310 e. The van der Waals surface area contributed by atoms with Gasteiger partial charge in [0.2, 0.25) is 0 Å². The van der Waals surface area contributed by atoms with Crippen molar-refractivity contribution in [2.75, 3.05) is 27.9 Å². The molecule has 148 valence electrons. The van der Waals surface area contributed by atoms with E-state index < -0.39 is 17.8 Å². The maximum absolute atomic E-state index is 13.0. The van der Waals surface area contributed by atoms with Crippen molar-refractivity contribution in [3.05, 3.63) is 47.5 Å². The van der Waals surface area contributed by atoms with Gasteiger partial charge in [0.15, 0.2) is 28.8 Å². The monoisotopic (exact) mass is 386 g/mol. The molecule has 1 aliphatic heterocycles. The molecule has 0 saturated carbocycles. The predicted molar refractivity (Wildman–Crippen MR) is 100 cm³/mol. The number of Topliss-reactive ketones (excluding diaryl/α,β-unsaturated/α-hetero) is 1. The third-order valence-corrected chi connectivity index (χ3v) is 4.90. The number of benzene rings is 2. The number of ether oxygens (including phenoxy) is 4. The van der Waals surface area contributed by atoms with Gasteiger partial charge in [-0.2, -0.15) is 0 Å². The Morgan fingerprint density at radius 3 is 2.43 bits per heavy atom. The standard InChI is InChI=1S/C21H22O7/c1-25-17-7-5-13(10-19(17)27-3)20(23)15-11-28-21(24)14(15)8-12-4-6-16(22)18(9-12)26-2/h4-7,9-10,14-15,22H,8,11H2,1-3H3/t14-,15+/m1/s1. The first-order valence-electron chi connectivity index (χ1n) is 8.77. The summed E-state index contributed by atoms with van der Waals surface area (Å²) in [4.78, 5) is 25.3. The molecule has 2 atom stereocenters. The van der Waals surface area contributed by atoms with Crippen molar-refractivity contribution in [1.29, 1.82) is 0 Å². The Morgan fingerprint density at radius 1 is 1.04 bits per heavy atom. The van der Waals surface area contributed by atoms with Crippen molar-refractivity contribution in [2.45, 2.75) is 6.42 Å². The number of ketones is 1. The number of carbonyl (C=O) groups is 2. The Morgan fingerprint density at radius 2 is 1.75 bits per heavy atom. The molecule has 1 aliphatic rings. The highest BCUT2D eigenvalue weighted by Gasteiger charge is 2.41. The number of phenols is 1. The molecule has 0 unspecified atom stereocenters. The van der Waals surface area contributed by atoms with E-state index in [1.165, 1.54) is 27.4 Å². The second-order valence-corrected chi connectivity index (χ2v) is 6.49. The zero-order valence-electron chi connectivity index (χ0n) is 15.9. The fourth-order valence-electron chi connectivity index (χ4n) is 3.35. The molecule has 0 amide bonds. The van der Waals surface area contributed by atoms with E-state index in [2.05, 4.69) is 0 Å². The van der Waals surface area contributed by atoms with Gasteiger partial charge in [-0.25, -0.2) is 0 Å². The van der Waals surface area contributed by atoms with Crippen LogP contribution < -0.4 is 14.2 Å². The molecule has 1 saturated heterocycles. The molecule has 0 aromatic heterocycles. The summed E-state index contributed by atoms with van der Waals surface area (Å²) in [7, 11) is 4.46. The lowest BCUT2D eigenvalue weighted by Gasteiger charge is -2.16. The highest BCUT2D eigenvalue weighted by molar-refractivity contribution is 6.01. The molecule has 7 nitrogen and oxygen atoms in total. The minimum Gasteiger partial charge on any atom is -0.504 e. The molecule has 1 fully saturated rings. The summed E-state index contributed by atoms with van der Waals surface area (Å²) in [5.41, 5.74) is 1.19. The van der Waals surface area contributed by atoms with Gasteiger partial charge in [-0.3, -0.25) is 9.59 Å². The molecule has 28 heavy (non-hydrogen) atoms. The number of phenolic OH excluding ortho intramolecular Hbond substituents is 1. The van der Waals surface area contributed by atoms with Crippen LogP contribution in [0.25, 0.3) is 0 Å². The van der Waals surface area contributed by atoms with Crippen LogP contribution in [0.4, 0.5) is 0 Å². The van der Waals surface area contributed by atoms with E-state index >= 15 is 0 Å². The van der Waals surface area contributed by atoms with Crippen LogP contribution >= 0.6 is 0 Å². The van der Waals surface area contributed by atoms with Crippen LogP contribution in [0.5, 0.6) is 23.0 Å². The van der Waals surface area contributed by atoms with Crippen LogP contribution in [0.1, 0.15) is 15.9 Å². The first-order valence-corrected chi connectivity index (χ1v) is 8.77. The van der Waals surface area contributed by atoms with Crippen LogP contribution in [0, 0.1) is 11.8 Å². The van der Waals surface area contributed by atoms with E-state index in [4.69, 9.17) is 18.9 Å². The number of hydrogen-bond donors (Lipinski definition) is 1. The highest BCUT2D eigenvalue weighted by atomic mass is 16.5. The molecule has 0 bridgehead atoms. The van der Waals surface area contributed by atoms with E-state index in [-0.39, 0.29) is 18.1 Å². The summed E-state index contributed by atoms with van der Waals surface area (Å²) in [5, 5.41) is 9.74. The van der Waals surface area contributed by atoms with Crippen molar-refractivity contribution >= 4 is 11.8 Å². The summed E-state index contributed by atoms with van der Waals surface area (Å²) in [6, 6.07) is 9.75. The van der Waals surface area contributed by atoms with Crippen molar-refractivity contribution in [1.82, 2.24) is 0 Å². The molecule has 3 rings (SSSR count). The number of hydrogen-bond acceptors (Lipinski definition) is 7. The first kappa shape index (κ1) is 19.5. The fraction of sp³-hybridized carbons (Fsp3) is 0.333. The summed E-state index contributed by atoms with van der Waals surface area (Å²) < 4.78 is 20.7. The van der Waals surface area contributed by atoms with Gasteiger partial charge in [-0.05, 0) is 42.3 Å². The Hall–Kier alpha value is -3.22. The second kappa shape index (κ2) is 8.21.